The van der Waals surface area contributed by atoms with Gasteiger partial charge in [0, 0.05) is 23.4 Å². The molecule has 3 N–H and O–H groups in total. The molecule has 2 aromatic rings. The van der Waals surface area contributed by atoms with Crippen LogP contribution in [0.1, 0.15) is 72.5 Å². The summed E-state index contributed by atoms with van der Waals surface area (Å²) >= 11 is 0. The van der Waals surface area contributed by atoms with Crippen LogP contribution in [0.3, 0.4) is 0 Å². The van der Waals surface area contributed by atoms with E-state index in [9.17, 15) is 19.2 Å². The topological polar surface area (TPSA) is 150 Å². The number of aryl methyl sites for hydroxylation is 1. The van der Waals surface area contributed by atoms with Crippen LogP contribution in [-0.2, 0) is 20.7 Å². The molecule has 0 radical (unpaired) electrons. The smallest absolute Gasteiger partial charge is 0.436 e. The highest BCUT2D eigenvalue weighted by molar-refractivity contribution is 6.06. The summed E-state index contributed by atoms with van der Waals surface area (Å²) in [5.41, 5.74) is 7.52. The van der Waals surface area contributed by atoms with Gasteiger partial charge in [0.2, 0.25) is 0 Å². The molecule has 10 heteroatoms. The van der Waals surface area contributed by atoms with E-state index >= 15 is 0 Å². The Morgan fingerprint density at radius 2 is 1.94 bits per heavy atom. The van der Waals surface area contributed by atoms with E-state index in [1.807, 2.05) is 0 Å². The van der Waals surface area contributed by atoms with Crippen molar-refractivity contribution >= 4 is 35.3 Å². The highest BCUT2D eigenvalue weighted by Gasteiger charge is 2.29. The third kappa shape index (κ3) is 6.97. The quantitative estimate of drug-likeness (QED) is 0.351. The number of carbonyl (C=O) groups excluding carboxylic acids is 4. The molecule has 190 valence electrons. The molecule has 1 heterocycles. The summed E-state index contributed by atoms with van der Waals surface area (Å²) in [5, 5.41) is 2.79. The second-order valence-electron chi connectivity index (χ2n) is 9.34. The van der Waals surface area contributed by atoms with Crippen LogP contribution in [-0.4, -0.2) is 46.8 Å². The number of aliphatic imine (C=N–C) groups is 1. The molecule has 36 heavy (non-hydrogen) atoms. The number of anilines is 1. The van der Waals surface area contributed by atoms with Gasteiger partial charge in [-0.2, -0.15) is 4.99 Å². The van der Waals surface area contributed by atoms with E-state index in [1.54, 1.807) is 45.9 Å². The zero-order valence-electron chi connectivity index (χ0n) is 20.8. The Kier molecular flexibility index (Phi) is 8.18. The standard InChI is InChI=1S/C26H30N4O6/c1-5-35-21(31)13-16-7-6-15-12-18(9-10-19(15)22(16)32)29-24(33)17-8-11-20(28-14-17)23(27)30-25(34)36-26(2,3)4/h8-12,14,16H,5-7,13H2,1-4H3,(H,29,33)(H2,27,30,34). The summed E-state index contributed by atoms with van der Waals surface area (Å²) in [6.07, 6.45) is 1.72. The number of nitrogens with zero attached hydrogens (tertiary/aromatic N) is 2. The summed E-state index contributed by atoms with van der Waals surface area (Å²) in [4.78, 5) is 56.8. The fourth-order valence-corrected chi connectivity index (χ4v) is 3.74. The lowest BCUT2D eigenvalue weighted by atomic mass is 9.81. The lowest BCUT2D eigenvalue weighted by Crippen LogP contribution is -2.26. The minimum absolute atomic E-state index is 0.0700. The molecule has 0 saturated heterocycles. The molecular formula is C26H30N4O6. The van der Waals surface area contributed by atoms with Crippen LogP contribution >= 0.6 is 0 Å². The molecule has 1 aliphatic rings. The number of ether oxygens (including phenoxy) is 2. The molecule has 0 aliphatic heterocycles. The maximum Gasteiger partial charge on any atom is 0.436 e. The first-order chi connectivity index (χ1) is 17.0. The number of nitrogens with one attached hydrogen (secondary N) is 1. The lowest BCUT2D eigenvalue weighted by Gasteiger charge is -2.23. The molecule has 1 unspecified atom stereocenters. The van der Waals surface area contributed by atoms with Crippen molar-refractivity contribution in [3.05, 3.63) is 58.9 Å². The summed E-state index contributed by atoms with van der Waals surface area (Å²) in [5.74, 6) is -1.39. The van der Waals surface area contributed by atoms with Gasteiger partial charge in [-0.05, 0) is 76.4 Å². The molecule has 0 saturated carbocycles. The van der Waals surface area contributed by atoms with Crippen molar-refractivity contribution in [3.63, 3.8) is 0 Å². The molecule has 1 aliphatic carbocycles. The van der Waals surface area contributed by atoms with Gasteiger partial charge in [0.25, 0.3) is 5.91 Å². The Hall–Kier alpha value is -4.08. The number of pyridine rings is 1. The fraction of sp³-hybridized carbons (Fsp3) is 0.385. The van der Waals surface area contributed by atoms with Crippen molar-refractivity contribution in [2.24, 2.45) is 16.6 Å². The maximum atomic E-state index is 12.8. The molecular weight excluding hydrogens is 464 g/mol. The highest BCUT2D eigenvalue weighted by atomic mass is 16.6. The summed E-state index contributed by atoms with van der Waals surface area (Å²) in [6, 6.07) is 8.07. The average molecular weight is 495 g/mol. The first-order valence-corrected chi connectivity index (χ1v) is 11.6. The van der Waals surface area contributed by atoms with E-state index in [4.69, 9.17) is 15.2 Å². The number of amides is 2. The number of nitrogens with two attached hydrogens (primary N) is 1. The second kappa shape index (κ2) is 11.1. The Balaban J connectivity index is 1.65. The average Bonchev–Trinajstić information content (AvgIpc) is 2.80. The first kappa shape index (κ1) is 26.5. The summed E-state index contributed by atoms with van der Waals surface area (Å²) in [7, 11) is 0. The van der Waals surface area contributed by atoms with Gasteiger partial charge in [-0.15, -0.1) is 0 Å². The number of esters is 1. The van der Waals surface area contributed by atoms with Gasteiger partial charge in [-0.1, -0.05) is 0 Å². The second-order valence-corrected chi connectivity index (χ2v) is 9.34. The molecule has 1 aromatic heterocycles. The van der Waals surface area contributed by atoms with E-state index in [1.165, 1.54) is 18.3 Å². The van der Waals surface area contributed by atoms with E-state index < -0.39 is 23.5 Å². The van der Waals surface area contributed by atoms with Crippen molar-refractivity contribution in [3.8, 4) is 0 Å². The Morgan fingerprint density at radius 1 is 1.19 bits per heavy atom. The van der Waals surface area contributed by atoms with Crippen molar-refractivity contribution in [1.82, 2.24) is 4.98 Å². The molecule has 0 spiro atoms. The van der Waals surface area contributed by atoms with Crippen LogP contribution in [0.2, 0.25) is 0 Å². The molecule has 0 fully saturated rings. The number of hydrogen-bond donors (Lipinski definition) is 2. The number of benzene rings is 1. The van der Waals surface area contributed by atoms with Gasteiger partial charge in [-0.3, -0.25) is 19.4 Å². The number of amidine groups is 1. The van der Waals surface area contributed by atoms with Gasteiger partial charge in [0.15, 0.2) is 11.6 Å². The number of carbonyl (C=O) groups is 4. The van der Waals surface area contributed by atoms with Crippen LogP contribution in [0.5, 0.6) is 0 Å². The molecule has 0 bridgehead atoms. The first-order valence-electron chi connectivity index (χ1n) is 11.6. The number of fused-ring (bicyclic) bond motifs is 1. The molecule has 1 aromatic carbocycles. The third-order valence-electron chi connectivity index (χ3n) is 5.37. The van der Waals surface area contributed by atoms with Crippen LogP contribution in [0, 0.1) is 5.92 Å². The van der Waals surface area contributed by atoms with Crippen molar-refractivity contribution < 1.29 is 28.7 Å². The van der Waals surface area contributed by atoms with E-state index in [0.29, 0.717) is 24.1 Å². The number of hydrogen-bond acceptors (Lipinski definition) is 7. The van der Waals surface area contributed by atoms with Crippen LogP contribution in [0.4, 0.5) is 10.5 Å². The van der Waals surface area contributed by atoms with Gasteiger partial charge in [-0.25, -0.2) is 4.79 Å². The predicted octanol–water partition coefficient (Wildman–Crippen LogP) is 3.67. The Morgan fingerprint density at radius 3 is 2.58 bits per heavy atom. The number of rotatable bonds is 6. The lowest BCUT2D eigenvalue weighted by molar-refractivity contribution is -0.144. The van der Waals surface area contributed by atoms with Gasteiger partial charge < -0.3 is 20.5 Å². The summed E-state index contributed by atoms with van der Waals surface area (Å²) < 4.78 is 10.1. The number of aromatic nitrogens is 1. The van der Waals surface area contributed by atoms with Crippen LogP contribution in [0.25, 0.3) is 0 Å². The number of ketones is 1. The Bertz CT molecular complexity index is 1200. The number of Topliss-reactive ketones (excluding diaryl/α,β-unsaturated/α-hetero) is 1. The van der Waals surface area contributed by atoms with Crippen LogP contribution < -0.4 is 11.1 Å². The van der Waals surface area contributed by atoms with E-state index in [2.05, 4.69) is 15.3 Å². The Labute approximate surface area is 209 Å². The van der Waals surface area contributed by atoms with Crippen molar-refractivity contribution in [2.45, 2.75) is 52.6 Å². The SMILES string of the molecule is CCOC(=O)CC1CCc2cc(NC(=O)c3ccc(C(N)=NC(=O)OC(C)(C)C)nc3)ccc2C1=O. The van der Waals surface area contributed by atoms with Crippen molar-refractivity contribution in [2.75, 3.05) is 11.9 Å². The highest BCUT2D eigenvalue weighted by Crippen LogP contribution is 2.30. The van der Waals surface area contributed by atoms with E-state index in [-0.39, 0.29) is 41.9 Å². The third-order valence-corrected chi connectivity index (χ3v) is 5.37. The minimum Gasteiger partial charge on any atom is -0.466 e. The normalized spacial score (nSPS) is 15.6. The maximum absolute atomic E-state index is 12.8. The van der Waals surface area contributed by atoms with Gasteiger partial charge in [0.05, 0.1) is 18.6 Å². The molecule has 2 amide bonds. The predicted molar refractivity (Wildman–Crippen MR) is 133 cm³/mol. The summed E-state index contributed by atoms with van der Waals surface area (Å²) in [6.45, 7) is 7.15. The molecule has 10 nitrogen and oxygen atoms in total. The van der Waals surface area contributed by atoms with E-state index in [0.717, 1.165) is 5.56 Å². The zero-order chi connectivity index (χ0) is 26.5. The van der Waals surface area contributed by atoms with Gasteiger partial charge in [0.1, 0.15) is 11.3 Å². The largest absolute Gasteiger partial charge is 0.466 e. The van der Waals surface area contributed by atoms with Crippen molar-refractivity contribution in [1.29, 1.82) is 0 Å². The monoisotopic (exact) mass is 494 g/mol. The minimum atomic E-state index is -0.832. The molecule has 3 rings (SSSR count). The fourth-order valence-electron chi connectivity index (χ4n) is 3.74. The molecule has 1 atom stereocenters. The van der Waals surface area contributed by atoms with Gasteiger partial charge >= 0.3 is 12.1 Å². The zero-order valence-corrected chi connectivity index (χ0v) is 20.8. The van der Waals surface area contributed by atoms with Crippen LogP contribution in [0.15, 0.2) is 41.5 Å².